The SMILES string of the molecule is N#Cc1ccc(F)cc1-c1cc(F)cc(F)c1. The van der Waals surface area contributed by atoms with Crippen molar-refractivity contribution in [3.05, 3.63) is 59.4 Å². The summed E-state index contributed by atoms with van der Waals surface area (Å²) < 4.78 is 39.1. The van der Waals surface area contributed by atoms with Gasteiger partial charge in [0.2, 0.25) is 0 Å². The van der Waals surface area contributed by atoms with Crippen molar-refractivity contribution < 1.29 is 13.2 Å². The molecule has 0 saturated carbocycles. The first-order chi connectivity index (χ1) is 8.10. The highest BCUT2D eigenvalue weighted by Crippen LogP contribution is 2.25. The Morgan fingerprint density at radius 2 is 1.47 bits per heavy atom. The highest BCUT2D eigenvalue weighted by Gasteiger charge is 2.09. The van der Waals surface area contributed by atoms with E-state index < -0.39 is 17.5 Å². The van der Waals surface area contributed by atoms with E-state index in [2.05, 4.69) is 0 Å². The lowest BCUT2D eigenvalue weighted by Gasteiger charge is -2.05. The number of halogens is 3. The second-order valence-corrected chi connectivity index (χ2v) is 3.46. The number of hydrogen-bond donors (Lipinski definition) is 0. The maximum Gasteiger partial charge on any atom is 0.126 e. The number of nitriles is 1. The van der Waals surface area contributed by atoms with Gasteiger partial charge in [0.15, 0.2) is 0 Å². The molecule has 0 bridgehead atoms. The predicted octanol–water partition coefficient (Wildman–Crippen LogP) is 3.64. The van der Waals surface area contributed by atoms with Gasteiger partial charge in [0.1, 0.15) is 17.5 Å². The van der Waals surface area contributed by atoms with E-state index in [-0.39, 0.29) is 16.7 Å². The van der Waals surface area contributed by atoms with E-state index in [1.807, 2.05) is 6.07 Å². The van der Waals surface area contributed by atoms with Gasteiger partial charge in [-0.1, -0.05) is 0 Å². The van der Waals surface area contributed by atoms with E-state index in [4.69, 9.17) is 5.26 Å². The first-order valence-electron chi connectivity index (χ1n) is 4.76. The molecule has 2 aromatic carbocycles. The van der Waals surface area contributed by atoms with Gasteiger partial charge >= 0.3 is 0 Å². The molecule has 1 nitrogen and oxygen atoms in total. The van der Waals surface area contributed by atoms with Crippen LogP contribution in [0, 0.1) is 28.8 Å². The molecular weight excluding hydrogens is 227 g/mol. The largest absolute Gasteiger partial charge is 0.207 e. The van der Waals surface area contributed by atoms with Gasteiger partial charge in [0.05, 0.1) is 11.6 Å². The number of benzene rings is 2. The fourth-order valence-electron chi connectivity index (χ4n) is 1.56. The van der Waals surface area contributed by atoms with Crippen LogP contribution in [-0.4, -0.2) is 0 Å². The molecule has 0 radical (unpaired) electrons. The first kappa shape index (κ1) is 11.2. The number of nitrogens with zero attached hydrogens (tertiary/aromatic N) is 1. The molecule has 0 spiro atoms. The third kappa shape index (κ3) is 2.28. The van der Waals surface area contributed by atoms with E-state index in [0.717, 1.165) is 30.3 Å². The van der Waals surface area contributed by atoms with Crippen molar-refractivity contribution >= 4 is 0 Å². The summed E-state index contributed by atoms with van der Waals surface area (Å²) in [6.07, 6.45) is 0. The summed E-state index contributed by atoms with van der Waals surface area (Å²) >= 11 is 0. The van der Waals surface area contributed by atoms with Gasteiger partial charge in [-0.25, -0.2) is 13.2 Å². The molecule has 17 heavy (non-hydrogen) atoms. The van der Waals surface area contributed by atoms with Gasteiger partial charge in [-0.15, -0.1) is 0 Å². The van der Waals surface area contributed by atoms with Crippen molar-refractivity contribution in [2.75, 3.05) is 0 Å². The first-order valence-corrected chi connectivity index (χ1v) is 4.76. The molecule has 0 heterocycles. The topological polar surface area (TPSA) is 23.8 Å². The average Bonchev–Trinajstić information content (AvgIpc) is 2.27. The molecule has 0 aliphatic carbocycles. The fourth-order valence-corrected chi connectivity index (χ4v) is 1.56. The average molecular weight is 233 g/mol. The maximum absolute atomic E-state index is 13.1. The minimum Gasteiger partial charge on any atom is -0.207 e. The minimum atomic E-state index is -0.770. The summed E-state index contributed by atoms with van der Waals surface area (Å²) in [5.41, 5.74) is 0.473. The fraction of sp³-hybridized carbons (Fsp3) is 0. The van der Waals surface area contributed by atoms with Crippen molar-refractivity contribution in [1.82, 2.24) is 0 Å². The van der Waals surface area contributed by atoms with Gasteiger partial charge in [0, 0.05) is 11.6 Å². The van der Waals surface area contributed by atoms with Gasteiger partial charge in [-0.05, 0) is 35.9 Å². The number of hydrogen-bond acceptors (Lipinski definition) is 1. The molecule has 0 atom stereocenters. The number of rotatable bonds is 1. The molecule has 0 fully saturated rings. The quantitative estimate of drug-likeness (QED) is 0.737. The van der Waals surface area contributed by atoms with E-state index in [1.165, 1.54) is 6.07 Å². The summed E-state index contributed by atoms with van der Waals surface area (Å²) in [6, 6.07) is 8.14. The van der Waals surface area contributed by atoms with Gasteiger partial charge < -0.3 is 0 Å². The Labute approximate surface area is 95.7 Å². The lowest BCUT2D eigenvalue weighted by atomic mass is 10.00. The molecular formula is C13H6F3N. The van der Waals surface area contributed by atoms with Crippen molar-refractivity contribution in [2.24, 2.45) is 0 Å². The Morgan fingerprint density at radius 1 is 0.824 bits per heavy atom. The van der Waals surface area contributed by atoms with Crippen molar-refractivity contribution in [3.63, 3.8) is 0 Å². The zero-order valence-corrected chi connectivity index (χ0v) is 8.55. The van der Waals surface area contributed by atoms with Crippen LogP contribution in [0.5, 0.6) is 0 Å². The molecule has 0 unspecified atom stereocenters. The Morgan fingerprint density at radius 3 is 2.06 bits per heavy atom. The predicted molar refractivity (Wildman–Crippen MR) is 56.5 cm³/mol. The second kappa shape index (κ2) is 4.30. The Hall–Kier alpha value is -2.28. The third-order valence-corrected chi connectivity index (χ3v) is 2.28. The smallest absolute Gasteiger partial charge is 0.126 e. The molecule has 0 saturated heterocycles. The zero-order chi connectivity index (χ0) is 12.4. The summed E-state index contributed by atoms with van der Waals surface area (Å²) in [6.45, 7) is 0. The van der Waals surface area contributed by atoms with Crippen LogP contribution >= 0.6 is 0 Å². The highest BCUT2D eigenvalue weighted by atomic mass is 19.1. The Bertz CT molecular complexity index is 594. The van der Waals surface area contributed by atoms with Gasteiger partial charge in [-0.2, -0.15) is 5.26 Å². The highest BCUT2D eigenvalue weighted by molar-refractivity contribution is 5.70. The van der Waals surface area contributed by atoms with Crippen LogP contribution in [0.1, 0.15) is 5.56 Å². The standard InChI is InChI=1S/C13H6F3N/c14-10-2-1-8(7-17)13(6-10)9-3-11(15)5-12(16)4-9/h1-6H. The van der Waals surface area contributed by atoms with E-state index in [9.17, 15) is 13.2 Å². The van der Waals surface area contributed by atoms with Crippen LogP contribution in [0.3, 0.4) is 0 Å². The van der Waals surface area contributed by atoms with E-state index in [1.54, 1.807) is 0 Å². The summed E-state index contributed by atoms with van der Waals surface area (Å²) in [5.74, 6) is -2.11. The molecule has 0 aromatic heterocycles. The molecule has 0 aliphatic heterocycles. The lowest BCUT2D eigenvalue weighted by molar-refractivity contribution is 0.584. The Balaban J connectivity index is 2.67. The van der Waals surface area contributed by atoms with Crippen LogP contribution in [-0.2, 0) is 0 Å². The van der Waals surface area contributed by atoms with Crippen LogP contribution in [0.25, 0.3) is 11.1 Å². The second-order valence-electron chi connectivity index (χ2n) is 3.46. The van der Waals surface area contributed by atoms with Crippen molar-refractivity contribution in [1.29, 1.82) is 5.26 Å². The summed E-state index contributed by atoms with van der Waals surface area (Å²) in [5, 5.41) is 8.85. The zero-order valence-electron chi connectivity index (χ0n) is 8.55. The van der Waals surface area contributed by atoms with Crippen molar-refractivity contribution in [3.8, 4) is 17.2 Å². The molecule has 84 valence electrons. The van der Waals surface area contributed by atoms with Crippen LogP contribution in [0.15, 0.2) is 36.4 Å². The Kier molecular flexibility index (Phi) is 2.84. The third-order valence-electron chi connectivity index (χ3n) is 2.28. The molecule has 2 aromatic rings. The summed E-state index contributed by atoms with van der Waals surface area (Å²) in [7, 11) is 0. The molecule has 2 rings (SSSR count). The monoisotopic (exact) mass is 233 g/mol. The van der Waals surface area contributed by atoms with Crippen molar-refractivity contribution in [2.45, 2.75) is 0 Å². The lowest BCUT2D eigenvalue weighted by Crippen LogP contribution is -1.89. The van der Waals surface area contributed by atoms with E-state index >= 15 is 0 Å². The van der Waals surface area contributed by atoms with Crippen LogP contribution in [0.2, 0.25) is 0 Å². The molecule has 0 N–H and O–H groups in total. The van der Waals surface area contributed by atoms with Gasteiger partial charge in [0.25, 0.3) is 0 Å². The van der Waals surface area contributed by atoms with Crippen LogP contribution in [0.4, 0.5) is 13.2 Å². The van der Waals surface area contributed by atoms with E-state index in [0.29, 0.717) is 0 Å². The maximum atomic E-state index is 13.1. The molecule has 4 heteroatoms. The van der Waals surface area contributed by atoms with Crippen LogP contribution < -0.4 is 0 Å². The normalized spacial score (nSPS) is 10.0. The molecule has 0 aliphatic rings. The minimum absolute atomic E-state index is 0.138. The summed E-state index contributed by atoms with van der Waals surface area (Å²) in [4.78, 5) is 0. The van der Waals surface area contributed by atoms with Gasteiger partial charge in [-0.3, -0.25) is 0 Å². The molecule has 0 amide bonds.